The lowest BCUT2D eigenvalue weighted by Crippen LogP contribution is -2.31. The van der Waals surface area contributed by atoms with Crippen molar-refractivity contribution < 1.29 is 4.79 Å². The number of pyridine rings is 1. The lowest BCUT2D eigenvalue weighted by molar-refractivity contribution is -0.119. The van der Waals surface area contributed by atoms with Crippen molar-refractivity contribution in [2.24, 2.45) is 0 Å². The van der Waals surface area contributed by atoms with E-state index in [-0.39, 0.29) is 0 Å². The van der Waals surface area contributed by atoms with Crippen LogP contribution in [-0.4, -0.2) is 44.0 Å². The summed E-state index contributed by atoms with van der Waals surface area (Å²) >= 11 is 1.90. The Morgan fingerprint density at radius 3 is 2.58 bits per heavy atom. The Hall–Kier alpha value is -2.67. The van der Waals surface area contributed by atoms with E-state index in [9.17, 15) is 4.79 Å². The van der Waals surface area contributed by atoms with Gasteiger partial charge in [-0.15, -0.1) is 11.3 Å². The number of hydrogen-bond donors (Lipinski definition) is 1. The molecule has 1 saturated heterocycles. The first-order chi connectivity index (χ1) is 14.9. The highest BCUT2D eigenvalue weighted by molar-refractivity contribution is 7.19. The summed E-state index contributed by atoms with van der Waals surface area (Å²) in [5, 5.41) is 5.78. The van der Waals surface area contributed by atoms with Gasteiger partial charge in [-0.2, -0.15) is 5.10 Å². The molecule has 0 aliphatic carbocycles. The zero-order valence-corrected chi connectivity index (χ0v) is 19.6. The van der Waals surface area contributed by atoms with Crippen molar-refractivity contribution in [3.8, 4) is 11.3 Å². The van der Waals surface area contributed by atoms with Crippen molar-refractivity contribution in [3.05, 3.63) is 39.7 Å². The molecule has 1 N–H and O–H groups in total. The molecule has 0 radical (unpaired) electrons. The van der Waals surface area contributed by atoms with E-state index in [1.54, 1.807) is 6.33 Å². The molecule has 4 aromatic rings. The molecule has 7 heteroatoms. The molecule has 162 valence electrons. The third-order valence-electron chi connectivity index (χ3n) is 6.98. The number of nitrogens with zero attached hydrogens (tertiary/aromatic N) is 4. The van der Waals surface area contributed by atoms with Crippen LogP contribution >= 0.6 is 11.3 Å². The van der Waals surface area contributed by atoms with Crippen LogP contribution in [0.4, 0.5) is 0 Å². The second-order valence-corrected chi connectivity index (χ2v) is 10.2. The number of aromatic amines is 1. The van der Waals surface area contributed by atoms with Crippen LogP contribution in [-0.2, 0) is 4.79 Å². The van der Waals surface area contributed by atoms with Gasteiger partial charge in [-0.05, 0) is 67.7 Å². The van der Waals surface area contributed by atoms with E-state index in [2.05, 4.69) is 55.9 Å². The zero-order valence-electron chi connectivity index (χ0n) is 18.8. The van der Waals surface area contributed by atoms with Crippen LogP contribution in [0.15, 0.2) is 12.5 Å². The quantitative estimate of drug-likeness (QED) is 0.441. The van der Waals surface area contributed by atoms with Gasteiger partial charge >= 0.3 is 0 Å². The summed E-state index contributed by atoms with van der Waals surface area (Å²) < 4.78 is 1.88. The maximum Gasteiger partial charge on any atom is 0.209 e. The number of aromatic nitrogens is 4. The van der Waals surface area contributed by atoms with Gasteiger partial charge in [-0.25, -0.2) is 9.50 Å². The predicted molar refractivity (Wildman–Crippen MR) is 126 cm³/mol. The number of aryl methyl sites for hydroxylation is 2. The highest BCUT2D eigenvalue weighted by atomic mass is 32.1. The highest BCUT2D eigenvalue weighted by Crippen LogP contribution is 2.46. The SMILES string of the molecule is Cc1c(-c2[nH]c3sc(C4CCN(C=O)CC4)c(C)c3c2C(C)C)cn2ncnc2c1C. The number of carbonyl (C=O) groups is 1. The molecule has 5 rings (SSSR count). The highest BCUT2D eigenvalue weighted by Gasteiger charge is 2.28. The monoisotopic (exact) mass is 435 g/mol. The summed E-state index contributed by atoms with van der Waals surface area (Å²) in [5.41, 5.74) is 8.54. The van der Waals surface area contributed by atoms with Crippen LogP contribution in [0.2, 0.25) is 0 Å². The number of piperidine rings is 1. The van der Waals surface area contributed by atoms with E-state index >= 15 is 0 Å². The average Bonchev–Trinajstić information content (AvgIpc) is 3.45. The third-order valence-corrected chi connectivity index (χ3v) is 8.35. The van der Waals surface area contributed by atoms with Gasteiger partial charge in [0, 0.05) is 35.1 Å². The van der Waals surface area contributed by atoms with Gasteiger partial charge in [0.1, 0.15) is 11.2 Å². The summed E-state index contributed by atoms with van der Waals surface area (Å²) in [5.74, 6) is 0.939. The number of carbonyl (C=O) groups excluding carboxylic acids is 1. The van der Waals surface area contributed by atoms with E-state index in [0.29, 0.717) is 11.8 Å². The van der Waals surface area contributed by atoms with Crippen LogP contribution < -0.4 is 0 Å². The van der Waals surface area contributed by atoms with Crippen molar-refractivity contribution in [1.82, 2.24) is 24.5 Å². The van der Waals surface area contributed by atoms with Crippen molar-refractivity contribution >= 4 is 33.6 Å². The Morgan fingerprint density at radius 2 is 1.90 bits per heavy atom. The van der Waals surface area contributed by atoms with Crippen molar-refractivity contribution in [2.75, 3.05) is 13.1 Å². The summed E-state index contributed by atoms with van der Waals surface area (Å²) in [6.07, 6.45) is 6.81. The summed E-state index contributed by atoms with van der Waals surface area (Å²) in [7, 11) is 0. The molecule has 0 bridgehead atoms. The predicted octanol–water partition coefficient (Wildman–Crippen LogP) is 5.32. The first-order valence-electron chi connectivity index (χ1n) is 11.0. The van der Waals surface area contributed by atoms with Crippen LogP contribution in [0.1, 0.15) is 65.7 Å². The van der Waals surface area contributed by atoms with E-state index in [4.69, 9.17) is 0 Å². The maximum atomic E-state index is 11.1. The Bertz CT molecular complexity index is 1290. The first kappa shape index (κ1) is 20.2. The second kappa shape index (κ2) is 7.48. The number of rotatable bonds is 4. The van der Waals surface area contributed by atoms with Crippen LogP contribution in [0.25, 0.3) is 27.1 Å². The number of hydrogen-bond acceptors (Lipinski definition) is 4. The summed E-state index contributed by atoms with van der Waals surface area (Å²) in [6.45, 7) is 12.9. The lowest BCUT2D eigenvalue weighted by Gasteiger charge is -2.29. The van der Waals surface area contributed by atoms with Crippen LogP contribution in [0.5, 0.6) is 0 Å². The Morgan fingerprint density at radius 1 is 1.16 bits per heavy atom. The van der Waals surface area contributed by atoms with Crippen molar-refractivity contribution in [2.45, 2.75) is 59.3 Å². The third kappa shape index (κ3) is 3.09. The molecule has 4 aromatic heterocycles. The maximum absolute atomic E-state index is 11.1. The number of amides is 1. The minimum atomic E-state index is 0.396. The van der Waals surface area contributed by atoms with Gasteiger partial charge in [0.25, 0.3) is 0 Å². The standard InChI is InChI=1S/C24H29N5OS/c1-13(2)19-20-16(5)22(17-6-8-28(12-30)9-7-17)31-24(20)27-21(19)18-10-29-23(25-11-26-29)15(4)14(18)3/h10-13,17,27H,6-9H2,1-5H3. The lowest BCUT2D eigenvalue weighted by atomic mass is 9.90. The molecule has 5 heterocycles. The minimum Gasteiger partial charge on any atom is -0.346 e. The molecular formula is C24H29N5OS. The van der Waals surface area contributed by atoms with Gasteiger partial charge in [0.15, 0.2) is 5.65 Å². The van der Waals surface area contributed by atoms with Gasteiger partial charge < -0.3 is 9.88 Å². The van der Waals surface area contributed by atoms with Crippen LogP contribution in [0, 0.1) is 20.8 Å². The fourth-order valence-corrected chi connectivity index (χ4v) is 6.55. The molecule has 1 fully saturated rings. The Labute approximate surface area is 186 Å². The fraction of sp³-hybridized carbons (Fsp3) is 0.458. The normalized spacial score (nSPS) is 15.6. The molecule has 0 aromatic carbocycles. The molecule has 0 spiro atoms. The molecule has 31 heavy (non-hydrogen) atoms. The van der Waals surface area contributed by atoms with E-state index < -0.39 is 0 Å². The van der Waals surface area contributed by atoms with E-state index in [1.165, 1.54) is 48.6 Å². The topological polar surface area (TPSA) is 66.3 Å². The zero-order chi connectivity index (χ0) is 21.9. The largest absolute Gasteiger partial charge is 0.346 e. The molecule has 0 saturated carbocycles. The summed E-state index contributed by atoms with van der Waals surface area (Å²) in [6, 6.07) is 0. The molecule has 1 aliphatic rings. The molecule has 0 atom stereocenters. The van der Waals surface area contributed by atoms with Crippen LogP contribution in [0.3, 0.4) is 0 Å². The molecular weight excluding hydrogens is 406 g/mol. The van der Waals surface area contributed by atoms with Crippen molar-refractivity contribution in [1.29, 1.82) is 0 Å². The van der Waals surface area contributed by atoms with Gasteiger partial charge in [0.05, 0.1) is 5.69 Å². The number of likely N-dealkylation sites (tertiary alicyclic amines) is 1. The average molecular weight is 436 g/mol. The van der Waals surface area contributed by atoms with Gasteiger partial charge in [0.2, 0.25) is 6.41 Å². The number of fused-ring (bicyclic) bond motifs is 2. The smallest absolute Gasteiger partial charge is 0.209 e. The number of nitrogens with one attached hydrogen (secondary N) is 1. The molecule has 6 nitrogen and oxygen atoms in total. The first-order valence-corrected chi connectivity index (χ1v) is 11.9. The van der Waals surface area contributed by atoms with E-state index in [0.717, 1.165) is 38.0 Å². The van der Waals surface area contributed by atoms with Crippen molar-refractivity contribution in [3.63, 3.8) is 0 Å². The van der Waals surface area contributed by atoms with E-state index in [1.807, 2.05) is 20.8 Å². The second-order valence-electron chi connectivity index (χ2n) is 9.10. The van der Waals surface area contributed by atoms with Gasteiger partial charge in [-0.3, -0.25) is 4.79 Å². The Balaban J connectivity index is 1.65. The minimum absolute atomic E-state index is 0.396. The number of H-pyrrole nitrogens is 1. The number of thiophene rings is 1. The fourth-order valence-electron chi connectivity index (χ4n) is 5.15. The summed E-state index contributed by atoms with van der Waals surface area (Å²) in [4.78, 5) is 23.9. The Kier molecular flexibility index (Phi) is 4.88. The molecule has 1 amide bonds. The molecule has 0 unspecified atom stereocenters. The molecule has 1 aliphatic heterocycles. The van der Waals surface area contributed by atoms with Gasteiger partial charge in [-0.1, -0.05) is 13.8 Å².